The normalized spacial score (nSPS) is 14.8. The van der Waals surface area contributed by atoms with Gasteiger partial charge in [-0.2, -0.15) is 4.31 Å². The molecule has 2 aromatic carbocycles. The van der Waals surface area contributed by atoms with Gasteiger partial charge in [-0.05, 0) is 44.0 Å². The van der Waals surface area contributed by atoms with Crippen LogP contribution in [0.2, 0.25) is 0 Å². The second-order valence-electron chi connectivity index (χ2n) is 7.56. The molecule has 174 valence electrons. The number of aromatic nitrogens is 3. The quantitative estimate of drug-likeness (QED) is 0.353. The molecule has 1 fully saturated rings. The van der Waals surface area contributed by atoms with Gasteiger partial charge in [-0.1, -0.05) is 48.5 Å². The van der Waals surface area contributed by atoms with Crippen LogP contribution in [0, 0.1) is 0 Å². The van der Waals surface area contributed by atoms with E-state index in [0.717, 1.165) is 24.9 Å². The van der Waals surface area contributed by atoms with Crippen LogP contribution in [0.15, 0.2) is 64.6 Å². The summed E-state index contributed by atoms with van der Waals surface area (Å²) in [7, 11) is -3.58. The molecule has 1 aliphatic heterocycles. The van der Waals surface area contributed by atoms with E-state index in [9.17, 15) is 13.2 Å². The van der Waals surface area contributed by atoms with E-state index >= 15 is 0 Å². The lowest BCUT2D eigenvalue weighted by atomic mass is 10.2. The minimum absolute atomic E-state index is 0.0994. The predicted octanol–water partition coefficient (Wildman–Crippen LogP) is 3.76. The highest BCUT2D eigenvalue weighted by molar-refractivity contribution is 7.99. The van der Waals surface area contributed by atoms with Crippen LogP contribution in [0.25, 0.3) is 17.1 Å². The zero-order chi connectivity index (χ0) is 23.3. The molecule has 3 aromatic rings. The molecule has 10 heteroatoms. The number of ether oxygens (including phenoxy) is 1. The van der Waals surface area contributed by atoms with Gasteiger partial charge in [0.2, 0.25) is 10.0 Å². The van der Waals surface area contributed by atoms with Gasteiger partial charge >= 0.3 is 5.97 Å². The van der Waals surface area contributed by atoms with E-state index < -0.39 is 10.0 Å². The predicted molar refractivity (Wildman–Crippen MR) is 127 cm³/mol. The van der Waals surface area contributed by atoms with E-state index in [-0.39, 0.29) is 16.6 Å². The molecule has 4 rings (SSSR count). The standard InChI is InChI=1S/C23H26N4O4S2/c1-2-31-21(28)17-32-23-25-24-22(27(23)19-11-5-3-6-12-19)18-10-9-13-20(16-18)33(29,30)26-14-7-4-8-15-26/h3,5-6,9-13,16H,2,4,7-8,14-15,17H2,1H3. The Morgan fingerprint density at radius 2 is 1.79 bits per heavy atom. The Labute approximate surface area is 198 Å². The summed E-state index contributed by atoms with van der Waals surface area (Å²) in [4.78, 5) is 12.1. The maximum absolute atomic E-state index is 13.2. The monoisotopic (exact) mass is 486 g/mol. The van der Waals surface area contributed by atoms with E-state index in [1.54, 1.807) is 29.4 Å². The molecule has 1 saturated heterocycles. The molecule has 0 N–H and O–H groups in total. The summed E-state index contributed by atoms with van der Waals surface area (Å²) in [6.07, 6.45) is 2.81. The van der Waals surface area contributed by atoms with Gasteiger partial charge in [0.1, 0.15) is 0 Å². The van der Waals surface area contributed by atoms with Gasteiger partial charge in [-0.25, -0.2) is 8.42 Å². The van der Waals surface area contributed by atoms with Crippen molar-refractivity contribution in [1.82, 2.24) is 19.1 Å². The van der Waals surface area contributed by atoms with Gasteiger partial charge in [-0.3, -0.25) is 9.36 Å². The van der Waals surface area contributed by atoms with Crippen molar-refractivity contribution in [2.24, 2.45) is 0 Å². The fraction of sp³-hybridized carbons (Fsp3) is 0.348. The lowest BCUT2D eigenvalue weighted by molar-refractivity contribution is -0.139. The zero-order valence-corrected chi connectivity index (χ0v) is 20.0. The Morgan fingerprint density at radius 3 is 2.52 bits per heavy atom. The van der Waals surface area contributed by atoms with Crippen LogP contribution in [0.5, 0.6) is 0 Å². The number of sulfonamides is 1. The zero-order valence-electron chi connectivity index (χ0n) is 18.4. The Balaban J connectivity index is 1.72. The van der Waals surface area contributed by atoms with Crippen LogP contribution in [-0.2, 0) is 19.6 Å². The molecule has 0 atom stereocenters. The number of carbonyl (C=O) groups excluding carboxylic acids is 1. The first-order valence-corrected chi connectivity index (χ1v) is 13.3. The molecular formula is C23H26N4O4S2. The van der Waals surface area contributed by atoms with Crippen LogP contribution >= 0.6 is 11.8 Å². The highest BCUT2D eigenvalue weighted by Gasteiger charge is 2.27. The summed E-state index contributed by atoms with van der Waals surface area (Å²) in [5, 5.41) is 9.17. The Morgan fingerprint density at radius 1 is 1.03 bits per heavy atom. The number of rotatable bonds is 8. The third-order valence-electron chi connectivity index (χ3n) is 5.32. The maximum Gasteiger partial charge on any atom is 0.316 e. The molecule has 0 amide bonds. The van der Waals surface area contributed by atoms with Crippen molar-refractivity contribution in [1.29, 1.82) is 0 Å². The second kappa shape index (κ2) is 10.5. The van der Waals surface area contributed by atoms with E-state index in [4.69, 9.17) is 4.74 Å². The number of para-hydroxylation sites is 1. The van der Waals surface area contributed by atoms with Crippen molar-refractivity contribution in [2.45, 2.75) is 36.2 Å². The minimum Gasteiger partial charge on any atom is -0.465 e. The number of piperidine rings is 1. The van der Waals surface area contributed by atoms with Crippen LogP contribution in [0.1, 0.15) is 26.2 Å². The molecule has 0 spiro atoms. The molecule has 0 radical (unpaired) electrons. The average Bonchev–Trinajstić information content (AvgIpc) is 3.28. The van der Waals surface area contributed by atoms with Crippen LogP contribution in [0.4, 0.5) is 0 Å². The third-order valence-corrected chi connectivity index (χ3v) is 8.11. The SMILES string of the molecule is CCOC(=O)CSc1nnc(-c2cccc(S(=O)(=O)N3CCCCC3)c2)n1-c1ccccc1. The summed E-state index contributed by atoms with van der Waals surface area (Å²) in [5.41, 5.74) is 1.44. The summed E-state index contributed by atoms with van der Waals surface area (Å²) >= 11 is 1.23. The summed E-state index contributed by atoms with van der Waals surface area (Å²) in [5.74, 6) is 0.270. The van der Waals surface area contributed by atoms with Crippen molar-refractivity contribution in [2.75, 3.05) is 25.4 Å². The van der Waals surface area contributed by atoms with Gasteiger partial charge in [0.15, 0.2) is 11.0 Å². The van der Waals surface area contributed by atoms with Gasteiger partial charge in [0, 0.05) is 24.3 Å². The molecular weight excluding hydrogens is 460 g/mol. The van der Waals surface area contributed by atoms with E-state index in [1.165, 1.54) is 11.8 Å². The van der Waals surface area contributed by atoms with Crippen LogP contribution in [-0.4, -0.2) is 58.9 Å². The fourth-order valence-corrected chi connectivity index (χ4v) is 6.05. The minimum atomic E-state index is -3.58. The number of hydrogen-bond donors (Lipinski definition) is 0. The highest BCUT2D eigenvalue weighted by atomic mass is 32.2. The van der Waals surface area contributed by atoms with Gasteiger partial charge < -0.3 is 4.74 Å². The van der Waals surface area contributed by atoms with Crippen molar-refractivity contribution >= 4 is 27.8 Å². The molecule has 8 nitrogen and oxygen atoms in total. The summed E-state index contributed by atoms with van der Waals surface area (Å²) in [6.45, 7) is 3.16. The first-order chi connectivity index (χ1) is 16.0. The van der Waals surface area contributed by atoms with Gasteiger partial charge in [0.05, 0.1) is 17.3 Å². The lowest BCUT2D eigenvalue weighted by Gasteiger charge is -2.26. The molecule has 0 saturated carbocycles. The van der Waals surface area contributed by atoms with Gasteiger partial charge in [0.25, 0.3) is 0 Å². The van der Waals surface area contributed by atoms with Crippen molar-refractivity contribution in [3.05, 3.63) is 54.6 Å². The topological polar surface area (TPSA) is 94.4 Å². The van der Waals surface area contributed by atoms with E-state index in [0.29, 0.717) is 36.2 Å². The van der Waals surface area contributed by atoms with Gasteiger partial charge in [-0.15, -0.1) is 10.2 Å². The van der Waals surface area contributed by atoms with E-state index in [2.05, 4.69) is 10.2 Å². The molecule has 0 unspecified atom stereocenters. The molecule has 0 bridgehead atoms. The summed E-state index contributed by atoms with van der Waals surface area (Å²) < 4.78 is 34.8. The van der Waals surface area contributed by atoms with Crippen LogP contribution < -0.4 is 0 Å². The largest absolute Gasteiger partial charge is 0.465 e. The first kappa shape index (κ1) is 23.5. The molecule has 0 aliphatic carbocycles. The van der Waals surface area contributed by atoms with Crippen LogP contribution in [0.3, 0.4) is 0 Å². The highest BCUT2D eigenvalue weighted by Crippen LogP contribution is 2.30. The lowest BCUT2D eigenvalue weighted by Crippen LogP contribution is -2.35. The smallest absolute Gasteiger partial charge is 0.316 e. The van der Waals surface area contributed by atoms with Crippen molar-refractivity contribution in [3.63, 3.8) is 0 Å². The molecule has 1 aliphatic rings. The molecule has 33 heavy (non-hydrogen) atoms. The number of carbonyl (C=O) groups is 1. The molecule has 2 heterocycles. The second-order valence-corrected chi connectivity index (χ2v) is 10.4. The Hall–Kier alpha value is -2.69. The average molecular weight is 487 g/mol. The third kappa shape index (κ3) is 5.29. The first-order valence-electron chi connectivity index (χ1n) is 10.9. The van der Waals surface area contributed by atoms with E-state index in [1.807, 2.05) is 41.0 Å². The number of nitrogens with zero attached hydrogens (tertiary/aromatic N) is 4. The Kier molecular flexibility index (Phi) is 7.46. The van der Waals surface area contributed by atoms with Crippen molar-refractivity contribution < 1.29 is 17.9 Å². The number of esters is 1. The maximum atomic E-state index is 13.2. The number of thioether (sulfide) groups is 1. The summed E-state index contributed by atoms with van der Waals surface area (Å²) in [6, 6.07) is 16.3. The fourth-order valence-electron chi connectivity index (χ4n) is 3.74. The number of hydrogen-bond acceptors (Lipinski definition) is 7. The van der Waals surface area contributed by atoms with Crippen molar-refractivity contribution in [3.8, 4) is 17.1 Å². The number of benzene rings is 2. The Bertz CT molecular complexity index is 1210. The molecule has 1 aromatic heterocycles.